The summed E-state index contributed by atoms with van der Waals surface area (Å²) in [6, 6.07) is 5.81. The third-order valence-corrected chi connectivity index (χ3v) is 6.43. The second-order valence-electron chi connectivity index (χ2n) is 7.12. The molecule has 2 heterocycles. The number of amides is 1. The van der Waals surface area contributed by atoms with E-state index in [1.165, 1.54) is 22.7 Å². The molecule has 1 saturated heterocycles. The van der Waals surface area contributed by atoms with E-state index in [2.05, 4.69) is 4.98 Å². The minimum absolute atomic E-state index is 0.194. The topological polar surface area (TPSA) is 33.2 Å². The monoisotopic (exact) mass is 512 g/mol. The maximum Gasteiger partial charge on any atom is 0.417 e. The average molecular weight is 513 g/mol. The molecule has 3 rings (SSSR count). The average Bonchev–Trinajstić information content (AvgIpc) is 2.78. The number of thioether (sulfide) groups is 1. The largest absolute Gasteiger partial charge is 0.417 e. The Morgan fingerprint density at radius 3 is 2.21 bits per heavy atom. The van der Waals surface area contributed by atoms with Gasteiger partial charge in [-0.05, 0) is 43.0 Å². The van der Waals surface area contributed by atoms with Crippen molar-refractivity contribution >= 4 is 29.3 Å². The Bertz CT molecular complexity index is 943. The smallest absolute Gasteiger partial charge is 0.337 e. The fourth-order valence-corrected chi connectivity index (χ4v) is 4.57. The lowest BCUT2D eigenvalue weighted by atomic mass is 9.98. The lowest BCUT2D eigenvalue weighted by molar-refractivity contribution is -0.138. The minimum Gasteiger partial charge on any atom is -0.337 e. The van der Waals surface area contributed by atoms with Gasteiger partial charge in [0.2, 0.25) is 0 Å². The van der Waals surface area contributed by atoms with Gasteiger partial charge in [-0.15, -0.1) is 11.8 Å². The first-order valence-corrected chi connectivity index (χ1v) is 11.6. The number of alkyl halides is 6. The molecular formula is C22H23ClF6N2OS. The number of nitrogens with zero attached hydrogens (tertiary/aromatic N) is 2. The molecule has 182 valence electrons. The standard InChI is InChI=1S/C20H17ClF6N2OS.C2H6/c21-16-9-14(20(25,26)27)10-28-17(16)18(30)29-6-4-12(5-7-29)11-31-15-3-1-2-13(8-15)19(22,23)24;1-2/h1-3,8-10,12H,4-7,11H2;1-2H3. The SMILES string of the molecule is CC.O=C(c1ncc(C(F)(F)F)cc1Cl)N1CCC(CSc2cccc(C(F)(F)F)c2)CC1. The molecule has 0 bridgehead atoms. The van der Waals surface area contributed by atoms with Gasteiger partial charge >= 0.3 is 12.4 Å². The number of piperidine rings is 1. The van der Waals surface area contributed by atoms with E-state index in [1.54, 1.807) is 6.07 Å². The van der Waals surface area contributed by atoms with Crippen LogP contribution in [-0.2, 0) is 12.4 Å². The zero-order valence-corrected chi connectivity index (χ0v) is 19.5. The summed E-state index contributed by atoms with van der Waals surface area (Å²) >= 11 is 7.17. The van der Waals surface area contributed by atoms with Crippen molar-refractivity contribution in [1.29, 1.82) is 0 Å². The highest BCUT2D eigenvalue weighted by atomic mass is 35.5. The summed E-state index contributed by atoms with van der Waals surface area (Å²) in [6.07, 6.45) is -7.17. The molecular weight excluding hydrogens is 490 g/mol. The van der Waals surface area contributed by atoms with Crippen molar-refractivity contribution in [1.82, 2.24) is 9.88 Å². The molecule has 0 atom stereocenters. The maximum atomic E-state index is 12.8. The first kappa shape index (κ1) is 27.3. The Balaban J connectivity index is 0.00000187. The van der Waals surface area contributed by atoms with E-state index in [1.807, 2.05) is 13.8 Å². The molecule has 0 saturated carbocycles. The number of hydrogen-bond donors (Lipinski definition) is 0. The summed E-state index contributed by atoms with van der Waals surface area (Å²) < 4.78 is 76.6. The highest BCUT2D eigenvalue weighted by Gasteiger charge is 2.33. The fourth-order valence-electron chi connectivity index (χ4n) is 3.18. The van der Waals surface area contributed by atoms with Crippen LogP contribution in [0.4, 0.5) is 26.3 Å². The summed E-state index contributed by atoms with van der Waals surface area (Å²) in [6.45, 7) is 4.73. The van der Waals surface area contributed by atoms with Crippen LogP contribution in [0.15, 0.2) is 41.4 Å². The summed E-state index contributed by atoms with van der Waals surface area (Å²) in [5.41, 5.74) is -1.95. The van der Waals surface area contributed by atoms with Crippen molar-refractivity contribution in [3.05, 3.63) is 58.4 Å². The van der Waals surface area contributed by atoms with Crippen LogP contribution in [0.1, 0.15) is 48.3 Å². The number of carbonyl (C=O) groups excluding carboxylic acids is 1. The Hall–Kier alpha value is -1.94. The molecule has 1 aromatic heterocycles. The molecule has 33 heavy (non-hydrogen) atoms. The zero-order valence-electron chi connectivity index (χ0n) is 17.9. The number of halogens is 7. The van der Waals surface area contributed by atoms with Gasteiger partial charge in [-0.3, -0.25) is 4.79 Å². The van der Waals surface area contributed by atoms with E-state index in [4.69, 9.17) is 11.6 Å². The van der Waals surface area contributed by atoms with Gasteiger partial charge in [0.1, 0.15) is 5.69 Å². The van der Waals surface area contributed by atoms with E-state index >= 15 is 0 Å². The van der Waals surface area contributed by atoms with Gasteiger partial charge < -0.3 is 4.90 Å². The number of carbonyl (C=O) groups is 1. The molecule has 3 nitrogen and oxygen atoms in total. The third-order valence-electron chi connectivity index (χ3n) is 4.92. The molecule has 2 aromatic rings. The molecule has 0 unspecified atom stereocenters. The van der Waals surface area contributed by atoms with Gasteiger partial charge in [0.05, 0.1) is 16.1 Å². The van der Waals surface area contributed by atoms with Gasteiger partial charge in [0.15, 0.2) is 0 Å². The summed E-state index contributed by atoms with van der Waals surface area (Å²) in [5.74, 6) is 0.255. The van der Waals surface area contributed by atoms with Crippen LogP contribution < -0.4 is 0 Å². The molecule has 0 radical (unpaired) electrons. The second kappa shape index (κ2) is 11.5. The Morgan fingerprint density at radius 1 is 1.06 bits per heavy atom. The van der Waals surface area contributed by atoms with Crippen molar-refractivity contribution in [2.75, 3.05) is 18.8 Å². The van der Waals surface area contributed by atoms with Gasteiger partial charge in [-0.1, -0.05) is 31.5 Å². The lowest BCUT2D eigenvalue weighted by Gasteiger charge is -2.32. The molecule has 1 aromatic carbocycles. The normalized spacial score (nSPS) is 15.1. The Labute approximate surface area is 197 Å². The van der Waals surface area contributed by atoms with Gasteiger partial charge in [0.25, 0.3) is 5.91 Å². The summed E-state index contributed by atoms with van der Waals surface area (Å²) in [4.78, 5) is 18.2. The van der Waals surface area contributed by atoms with Crippen LogP contribution in [0.2, 0.25) is 5.02 Å². The van der Waals surface area contributed by atoms with Crippen LogP contribution in [0.5, 0.6) is 0 Å². The Morgan fingerprint density at radius 2 is 1.67 bits per heavy atom. The van der Waals surface area contributed by atoms with Crippen LogP contribution in [0.3, 0.4) is 0 Å². The van der Waals surface area contributed by atoms with E-state index in [9.17, 15) is 31.1 Å². The predicted molar refractivity (Wildman–Crippen MR) is 116 cm³/mol. The first-order chi connectivity index (χ1) is 15.4. The van der Waals surface area contributed by atoms with E-state index in [-0.39, 0.29) is 16.6 Å². The number of rotatable bonds is 4. The van der Waals surface area contributed by atoms with Crippen LogP contribution in [0, 0.1) is 5.92 Å². The lowest BCUT2D eigenvalue weighted by Crippen LogP contribution is -2.39. The summed E-state index contributed by atoms with van der Waals surface area (Å²) in [7, 11) is 0. The summed E-state index contributed by atoms with van der Waals surface area (Å²) in [5, 5.41) is -0.359. The first-order valence-electron chi connectivity index (χ1n) is 10.3. The van der Waals surface area contributed by atoms with E-state index in [0.29, 0.717) is 48.8 Å². The number of hydrogen-bond acceptors (Lipinski definition) is 3. The van der Waals surface area contributed by atoms with Crippen LogP contribution >= 0.6 is 23.4 Å². The zero-order chi connectivity index (χ0) is 24.8. The molecule has 0 N–H and O–H groups in total. The number of likely N-dealkylation sites (tertiary alicyclic amines) is 1. The number of pyridine rings is 1. The van der Waals surface area contributed by atoms with E-state index < -0.39 is 29.4 Å². The molecule has 0 aliphatic carbocycles. The highest BCUT2D eigenvalue weighted by molar-refractivity contribution is 7.99. The number of benzene rings is 1. The molecule has 1 aliphatic heterocycles. The van der Waals surface area contributed by atoms with Gasteiger partial charge in [-0.25, -0.2) is 4.98 Å². The second-order valence-corrected chi connectivity index (χ2v) is 8.62. The van der Waals surface area contributed by atoms with Crippen molar-refractivity contribution < 1.29 is 31.1 Å². The Kier molecular flexibility index (Phi) is 9.48. The quantitative estimate of drug-likeness (QED) is 0.315. The van der Waals surface area contributed by atoms with E-state index in [0.717, 1.165) is 12.1 Å². The maximum absolute atomic E-state index is 12.8. The minimum atomic E-state index is -4.60. The van der Waals surface area contributed by atoms with Crippen molar-refractivity contribution in [3.63, 3.8) is 0 Å². The van der Waals surface area contributed by atoms with Gasteiger partial charge in [-0.2, -0.15) is 26.3 Å². The molecule has 11 heteroatoms. The fraction of sp³-hybridized carbons (Fsp3) is 0.455. The molecule has 0 spiro atoms. The highest BCUT2D eigenvalue weighted by Crippen LogP contribution is 2.34. The van der Waals surface area contributed by atoms with Crippen molar-refractivity contribution in [2.45, 2.75) is 43.9 Å². The van der Waals surface area contributed by atoms with Crippen molar-refractivity contribution in [2.24, 2.45) is 5.92 Å². The predicted octanol–water partition coefficient (Wildman–Crippen LogP) is 7.44. The number of aromatic nitrogens is 1. The molecule has 1 fully saturated rings. The van der Waals surface area contributed by atoms with Crippen LogP contribution in [0.25, 0.3) is 0 Å². The third kappa shape index (κ3) is 7.53. The van der Waals surface area contributed by atoms with Crippen molar-refractivity contribution in [3.8, 4) is 0 Å². The molecule has 1 amide bonds. The molecule has 1 aliphatic rings. The van der Waals surface area contributed by atoms with Crippen LogP contribution in [-0.4, -0.2) is 34.6 Å². The van der Waals surface area contributed by atoms with Gasteiger partial charge in [0, 0.05) is 29.9 Å².